The number of nitrogens with one attached hydrogen (secondary N) is 1. The number of aliphatic hydroxyl groups is 1. The first-order valence-corrected chi connectivity index (χ1v) is 5.90. The predicted octanol–water partition coefficient (Wildman–Crippen LogP) is 2.04. The molecular formula is C13H18FNO. The van der Waals surface area contributed by atoms with Crippen LogP contribution in [-0.4, -0.2) is 24.3 Å². The molecule has 1 saturated carbocycles. The lowest BCUT2D eigenvalue weighted by atomic mass is 9.92. The quantitative estimate of drug-likeness (QED) is 0.800. The van der Waals surface area contributed by atoms with E-state index in [9.17, 15) is 9.50 Å². The van der Waals surface area contributed by atoms with E-state index in [1.54, 1.807) is 12.1 Å². The van der Waals surface area contributed by atoms with Crippen LogP contribution in [0, 0.1) is 5.82 Å². The van der Waals surface area contributed by atoms with Gasteiger partial charge in [-0.1, -0.05) is 24.6 Å². The highest BCUT2D eigenvalue weighted by atomic mass is 19.1. The van der Waals surface area contributed by atoms with Crippen molar-refractivity contribution in [2.24, 2.45) is 0 Å². The lowest BCUT2D eigenvalue weighted by molar-refractivity contribution is 0.245. The summed E-state index contributed by atoms with van der Waals surface area (Å²) in [6.07, 6.45) is 3.69. The Labute approximate surface area is 95.5 Å². The number of benzene rings is 1. The fraction of sp³-hybridized carbons (Fsp3) is 0.538. The highest BCUT2D eigenvalue weighted by Crippen LogP contribution is 2.21. The Morgan fingerprint density at radius 1 is 1.38 bits per heavy atom. The van der Waals surface area contributed by atoms with Crippen molar-refractivity contribution in [2.75, 3.05) is 13.2 Å². The first-order chi connectivity index (χ1) is 7.81. The van der Waals surface area contributed by atoms with E-state index in [1.165, 1.54) is 25.3 Å². The van der Waals surface area contributed by atoms with Crippen molar-refractivity contribution in [3.63, 3.8) is 0 Å². The highest BCUT2D eigenvalue weighted by molar-refractivity contribution is 5.22. The molecule has 1 unspecified atom stereocenters. The van der Waals surface area contributed by atoms with Crippen LogP contribution >= 0.6 is 0 Å². The maximum absolute atomic E-state index is 13.5. The van der Waals surface area contributed by atoms with Gasteiger partial charge in [0.25, 0.3) is 0 Å². The summed E-state index contributed by atoms with van der Waals surface area (Å²) in [5, 5.41) is 12.7. The topological polar surface area (TPSA) is 32.3 Å². The molecule has 0 amide bonds. The molecule has 0 saturated heterocycles. The second kappa shape index (κ2) is 5.41. The third-order valence-corrected chi connectivity index (χ3v) is 3.32. The number of hydrogen-bond donors (Lipinski definition) is 2. The first-order valence-electron chi connectivity index (χ1n) is 5.90. The molecule has 0 aromatic heterocycles. The molecular weight excluding hydrogens is 205 g/mol. The molecule has 1 aliphatic carbocycles. The summed E-state index contributed by atoms with van der Waals surface area (Å²) in [7, 11) is 0. The molecule has 1 fully saturated rings. The Hall–Kier alpha value is -0.930. The van der Waals surface area contributed by atoms with Gasteiger partial charge in [-0.2, -0.15) is 0 Å². The summed E-state index contributed by atoms with van der Waals surface area (Å²) in [5.41, 5.74) is 0.608. The first kappa shape index (κ1) is 11.6. The van der Waals surface area contributed by atoms with Gasteiger partial charge in [-0.3, -0.25) is 0 Å². The zero-order valence-electron chi connectivity index (χ0n) is 9.32. The second-order valence-corrected chi connectivity index (χ2v) is 4.44. The average Bonchev–Trinajstić information content (AvgIpc) is 2.23. The molecule has 1 aliphatic rings. The smallest absolute Gasteiger partial charge is 0.126 e. The minimum absolute atomic E-state index is 0.0132. The van der Waals surface area contributed by atoms with Crippen molar-refractivity contribution in [1.29, 1.82) is 0 Å². The van der Waals surface area contributed by atoms with Crippen LogP contribution in [-0.2, 0) is 0 Å². The van der Waals surface area contributed by atoms with E-state index in [0.29, 0.717) is 18.2 Å². The Bertz CT molecular complexity index is 338. The molecule has 2 rings (SSSR count). The van der Waals surface area contributed by atoms with Gasteiger partial charge in [-0.15, -0.1) is 0 Å². The number of halogens is 1. The lowest BCUT2D eigenvalue weighted by Crippen LogP contribution is -2.38. The Morgan fingerprint density at radius 2 is 2.12 bits per heavy atom. The summed E-state index contributed by atoms with van der Waals surface area (Å²) >= 11 is 0. The monoisotopic (exact) mass is 223 g/mol. The molecule has 0 aliphatic heterocycles. The van der Waals surface area contributed by atoms with Gasteiger partial charge < -0.3 is 10.4 Å². The molecule has 0 spiro atoms. The maximum atomic E-state index is 13.5. The molecule has 1 atom stereocenters. The normalized spacial score (nSPS) is 18.1. The van der Waals surface area contributed by atoms with Gasteiger partial charge in [0.05, 0.1) is 6.61 Å². The predicted molar refractivity (Wildman–Crippen MR) is 61.9 cm³/mol. The number of rotatable bonds is 5. The average molecular weight is 223 g/mol. The SMILES string of the molecule is OCC(CNC1CCC1)c1ccccc1F. The molecule has 2 N–H and O–H groups in total. The van der Waals surface area contributed by atoms with E-state index < -0.39 is 0 Å². The molecule has 88 valence electrons. The van der Waals surface area contributed by atoms with Gasteiger partial charge in [0.1, 0.15) is 5.82 Å². The van der Waals surface area contributed by atoms with Crippen LogP contribution in [0.25, 0.3) is 0 Å². The third-order valence-electron chi connectivity index (χ3n) is 3.32. The fourth-order valence-corrected chi connectivity index (χ4v) is 2.00. The van der Waals surface area contributed by atoms with E-state index in [0.717, 1.165) is 0 Å². The van der Waals surface area contributed by atoms with Crippen LogP contribution < -0.4 is 5.32 Å². The van der Waals surface area contributed by atoms with Gasteiger partial charge in [-0.05, 0) is 24.5 Å². The van der Waals surface area contributed by atoms with E-state index in [4.69, 9.17) is 0 Å². The minimum Gasteiger partial charge on any atom is -0.396 e. The van der Waals surface area contributed by atoms with Crippen LogP contribution in [0.2, 0.25) is 0 Å². The van der Waals surface area contributed by atoms with Crippen LogP contribution in [0.1, 0.15) is 30.7 Å². The van der Waals surface area contributed by atoms with Crippen molar-refractivity contribution < 1.29 is 9.50 Å². The molecule has 1 aromatic carbocycles. The lowest BCUT2D eigenvalue weighted by Gasteiger charge is -2.28. The van der Waals surface area contributed by atoms with E-state index in [1.807, 2.05) is 6.07 Å². The summed E-state index contributed by atoms with van der Waals surface area (Å²) < 4.78 is 13.5. The maximum Gasteiger partial charge on any atom is 0.126 e. The number of hydrogen-bond acceptors (Lipinski definition) is 2. The molecule has 0 radical (unpaired) electrons. The van der Waals surface area contributed by atoms with Gasteiger partial charge >= 0.3 is 0 Å². The summed E-state index contributed by atoms with van der Waals surface area (Å²) in [4.78, 5) is 0. The summed E-state index contributed by atoms with van der Waals surface area (Å²) in [5.74, 6) is -0.362. The summed E-state index contributed by atoms with van der Waals surface area (Å²) in [6.45, 7) is 0.642. The largest absolute Gasteiger partial charge is 0.396 e. The van der Waals surface area contributed by atoms with Crippen molar-refractivity contribution in [1.82, 2.24) is 5.32 Å². The zero-order chi connectivity index (χ0) is 11.4. The van der Waals surface area contributed by atoms with Crippen molar-refractivity contribution >= 4 is 0 Å². The van der Waals surface area contributed by atoms with E-state index in [-0.39, 0.29) is 18.3 Å². The molecule has 0 bridgehead atoms. The van der Waals surface area contributed by atoms with Crippen molar-refractivity contribution in [2.45, 2.75) is 31.2 Å². The van der Waals surface area contributed by atoms with Crippen LogP contribution in [0.3, 0.4) is 0 Å². The van der Waals surface area contributed by atoms with Gasteiger partial charge in [0.2, 0.25) is 0 Å². The number of aliphatic hydroxyl groups excluding tert-OH is 1. The van der Waals surface area contributed by atoms with Gasteiger partial charge in [-0.25, -0.2) is 4.39 Å². The molecule has 16 heavy (non-hydrogen) atoms. The Morgan fingerprint density at radius 3 is 2.69 bits per heavy atom. The van der Waals surface area contributed by atoms with Crippen LogP contribution in [0.5, 0.6) is 0 Å². The standard InChI is InChI=1S/C13H18FNO/c14-13-7-2-1-6-12(13)10(9-16)8-15-11-4-3-5-11/h1-2,6-7,10-11,15-16H,3-5,8-9H2. The zero-order valence-corrected chi connectivity index (χ0v) is 9.32. The highest BCUT2D eigenvalue weighted by Gasteiger charge is 2.20. The third kappa shape index (κ3) is 2.60. The Kier molecular flexibility index (Phi) is 3.91. The summed E-state index contributed by atoms with van der Waals surface area (Å²) in [6, 6.07) is 7.25. The van der Waals surface area contributed by atoms with Crippen LogP contribution in [0.4, 0.5) is 4.39 Å². The molecule has 1 aromatic rings. The molecule has 2 nitrogen and oxygen atoms in total. The van der Waals surface area contributed by atoms with E-state index in [2.05, 4.69) is 5.32 Å². The van der Waals surface area contributed by atoms with Crippen LogP contribution in [0.15, 0.2) is 24.3 Å². The second-order valence-electron chi connectivity index (χ2n) is 4.44. The van der Waals surface area contributed by atoms with Gasteiger partial charge in [0, 0.05) is 18.5 Å². The minimum atomic E-state index is -0.225. The Balaban J connectivity index is 1.95. The van der Waals surface area contributed by atoms with Crippen molar-refractivity contribution in [3.05, 3.63) is 35.6 Å². The van der Waals surface area contributed by atoms with Crippen molar-refractivity contribution in [3.8, 4) is 0 Å². The molecule has 0 heterocycles. The molecule has 3 heteroatoms. The van der Waals surface area contributed by atoms with E-state index >= 15 is 0 Å². The fourth-order valence-electron chi connectivity index (χ4n) is 2.00. The van der Waals surface area contributed by atoms with Gasteiger partial charge in [0.15, 0.2) is 0 Å².